The number of fused-ring (bicyclic) bond motifs is 3. The molecule has 10 heteroatoms. The van der Waals surface area contributed by atoms with Gasteiger partial charge < -0.3 is 24.4 Å². The van der Waals surface area contributed by atoms with E-state index in [0.29, 0.717) is 25.9 Å². The molecule has 4 aliphatic rings. The maximum absolute atomic E-state index is 15.3. The van der Waals surface area contributed by atoms with Crippen molar-refractivity contribution in [1.29, 1.82) is 0 Å². The van der Waals surface area contributed by atoms with Crippen molar-refractivity contribution in [1.82, 2.24) is 4.90 Å². The summed E-state index contributed by atoms with van der Waals surface area (Å²) in [5.74, 6) is 0.221. The van der Waals surface area contributed by atoms with E-state index in [1.54, 1.807) is 21.8 Å². The zero-order valence-electron chi connectivity index (χ0n) is 30.8. The van der Waals surface area contributed by atoms with Crippen LogP contribution in [0, 0.1) is 5.92 Å². The molecule has 4 aromatic carbocycles. The van der Waals surface area contributed by atoms with Crippen LogP contribution in [0.2, 0.25) is 18.6 Å². The van der Waals surface area contributed by atoms with Crippen LogP contribution >= 0.6 is 0 Å². The average Bonchev–Trinajstić information content (AvgIpc) is 3.82. The van der Waals surface area contributed by atoms with Crippen LogP contribution in [0.1, 0.15) is 42.9 Å². The van der Waals surface area contributed by atoms with Gasteiger partial charge in [0.05, 0.1) is 46.0 Å². The van der Waals surface area contributed by atoms with Crippen LogP contribution in [0.15, 0.2) is 97.1 Å². The third kappa shape index (κ3) is 5.70. The molecule has 1 N–H and O–H groups in total. The molecule has 0 aromatic heterocycles. The molecule has 3 amide bonds. The third-order valence-corrected chi connectivity index (χ3v) is 16.7. The number of carbonyl (C=O) groups excluding carboxylic acids is 3. The first-order valence-electron chi connectivity index (χ1n) is 18.7. The molecule has 0 bridgehead atoms. The summed E-state index contributed by atoms with van der Waals surface area (Å²) >= 11 is 0. The Balaban J connectivity index is 1.25. The molecular formula is C43H47N3O6Si. The van der Waals surface area contributed by atoms with Gasteiger partial charge >= 0.3 is 0 Å². The number of rotatable bonds is 8. The first kappa shape index (κ1) is 35.3. The van der Waals surface area contributed by atoms with Crippen molar-refractivity contribution >= 4 is 48.0 Å². The highest BCUT2D eigenvalue weighted by molar-refractivity contribution is 6.91. The summed E-state index contributed by atoms with van der Waals surface area (Å²) in [7, 11) is -0.886. The van der Waals surface area contributed by atoms with E-state index in [-0.39, 0.29) is 48.3 Å². The molecule has 8 rings (SSSR count). The Hall–Kier alpha value is -4.77. The van der Waals surface area contributed by atoms with Gasteiger partial charge in [-0.2, -0.15) is 0 Å². The maximum Gasteiger partial charge on any atom is 0.268 e. The van der Waals surface area contributed by atoms with Crippen molar-refractivity contribution in [3.8, 4) is 5.75 Å². The molecule has 1 spiro atoms. The fourth-order valence-electron chi connectivity index (χ4n) is 9.68. The van der Waals surface area contributed by atoms with E-state index < -0.39 is 19.8 Å². The number of amides is 3. The van der Waals surface area contributed by atoms with Gasteiger partial charge in [-0.15, -0.1) is 0 Å². The van der Waals surface area contributed by atoms with Crippen LogP contribution in [0.25, 0.3) is 0 Å². The number of benzene rings is 4. The van der Waals surface area contributed by atoms with Crippen LogP contribution in [0.4, 0.5) is 17.1 Å². The Morgan fingerprint density at radius 3 is 2.34 bits per heavy atom. The van der Waals surface area contributed by atoms with Gasteiger partial charge in [-0.1, -0.05) is 79.8 Å². The topological polar surface area (TPSA) is 99.6 Å². The van der Waals surface area contributed by atoms with Crippen LogP contribution < -0.4 is 19.7 Å². The zero-order valence-corrected chi connectivity index (χ0v) is 31.8. The second-order valence-corrected chi connectivity index (χ2v) is 20.2. The SMILES string of the molecule is COc1ccc([Si](C)(C)[C@@H]2[C@@H](CC(=O)N3Cc4ccccc4C[C@H]3CO)O[C@]3(C(=O)N(c4ccccc4)c4ccc(N5CCCC5=O)cc43)[C@H]2C)cc1. The predicted molar refractivity (Wildman–Crippen MR) is 207 cm³/mol. The van der Waals surface area contributed by atoms with Crippen molar-refractivity contribution in [2.45, 2.75) is 75.5 Å². The number of methoxy groups -OCH3 is 1. The van der Waals surface area contributed by atoms with E-state index in [4.69, 9.17) is 9.47 Å². The van der Waals surface area contributed by atoms with Gasteiger partial charge in [0.2, 0.25) is 11.8 Å². The lowest BCUT2D eigenvalue weighted by Gasteiger charge is -2.39. The Bertz CT molecular complexity index is 2050. The summed E-state index contributed by atoms with van der Waals surface area (Å²) in [4.78, 5) is 48.3. The lowest BCUT2D eigenvalue weighted by atomic mass is 9.82. The van der Waals surface area contributed by atoms with Crippen LogP contribution in [-0.2, 0) is 37.7 Å². The number of para-hydroxylation sites is 1. The standard InChI is InChI=1S/C43H47N3O6Si/c1-28-41(53(3,4)35-19-17-34(51-2)18-20-35)38(25-40(49)45-26-30-12-9-8-11-29(30)23-33(45)27-47)52-43(28)36-24-32(44-22-10-15-39(44)48)16-21-37(36)46(42(43)50)31-13-6-5-7-14-31/h5-9,11-14,16-21,24,28,33,38,41,47H,10,15,22-23,25-27H2,1-4H3/t28-,33-,38+,41-,43+/m0/s1. The number of carbonyl (C=O) groups is 3. The van der Waals surface area contributed by atoms with E-state index >= 15 is 4.79 Å². The van der Waals surface area contributed by atoms with E-state index in [1.807, 2.05) is 78.9 Å². The lowest BCUT2D eigenvalue weighted by molar-refractivity contribution is -0.150. The minimum absolute atomic E-state index is 0.0690. The summed E-state index contributed by atoms with van der Waals surface area (Å²) < 4.78 is 12.8. The summed E-state index contributed by atoms with van der Waals surface area (Å²) in [5, 5.41) is 11.7. The van der Waals surface area contributed by atoms with Crippen LogP contribution in [0.5, 0.6) is 5.75 Å². The van der Waals surface area contributed by atoms with Gasteiger partial charge in [0.1, 0.15) is 5.75 Å². The van der Waals surface area contributed by atoms with Gasteiger partial charge in [-0.25, -0.2) is 0 Å². The largest absolute Gasteiger partial charge is 0.497 e. The molecule has 0 radical (unpaired) electrons. The average molecular weight is 730 g/mol. The minimum Gasteiger partial charge on any atom is -0.497 e. The molecule has 0 aliphatic carbocycles. The van der Waals surface area contributed by atoms with Gasteiger partial charge in [-0.3, -0.25) is 19.3 Å². The number of hydrogen-bond donors (Lipinski definition) is 1. The van der Waals surface area contributed by atoms with Gasteiger partial charge in [0.25, 0.3) is 5.91 Å². The van der Waals surface area contributed by atoms with Crippen molar-refractivity contribution in [3.05, 3.63) is 114 Å². The fourth-order valence-corrected chi connectivity index (χ4v) is 13.7. The number of hydrogen-bond acceptors (Lipinski definition) is 6. The molecule has 0 unspecified atom stereocenters. The van der Waals surface area contributed by atoms with E-state index in [0.717, 1.165) is 45.9 Å². The summed E-state index contributed by atoms with van der Waals surface area (Å²) in [6.07, 6.45) is 1.33. The monoisotopic (exact) mass is 729 g/mol. The molecule has 2 saturated heterocycles. The molecular weight excluding hydrogens is 683 g/mol. The minimum atomic E-state index is -2.54. The molecule has 53 heavy (non-hydrogen) atoms. The highest BCUT2D eigenvalue weighted by Gasteiger charge is 2.67. The quantitative estimate of drug-likeness (QED) is 0.222. The molecule has 5 atom stereocenters. The summed E-state index contributed by atoms with van der Waals surface area (Å²) in [6.45, 7) is 7.62. The highest BCUT2D eigenvalue weighted by atomic mass is 28.3. The van der Waals surface area contributed by atoms with Crippen molar-refractivity contribution in [3.63, 3.8) is 0 Å². The van der Waals surface area contributed by atoms with E-state index in [9.17, 15) is 14.7 Å². The summed E-state index contributed by atoms with van der Waals surface area (Å²) in [6, 6.07) is 31.4. The molecule has 2 fully saturated rings. The normalized spacial score (nSPS) is 25.3. The Labute approximate surface area is 312 Å². The first-order valence-corrected chi connectivity index (χ1v) is 21.8. The number of anilines is 3. The maximum atomic E-state index is 15.3. The molecule has 0 saturated carbocycles. The van der Waals surface area contributed by atoms with Gasteiger partial charge in [0.15, 0.2) is 5.60 Å². The molecule has 9 nitrogen and oxygen atoms in total. The van der Waals surface area contributed by atoms with E-state index in [2.05, 4.69) is 38.2 Å². The van der Waals surface area contributed by atoms with Crippen molar-refractivity contribution < 1.29 is 29.0 Å². The van der Waals surface area contributed by atoms with E-state index in [1.165, 1.54) is 5.19 Å². The second kappa shape index (κ2) is 13.6. The number of aliphatic hydroxyl groups is 1. The van der Waals surface area contributed by atoms with Crippen molar-refractivity contribution in [2.75, 3.05) is 30.1 Å². The zero-order chi connectivity index (χ0) is 37.1. The number of aliphatic hydroxyl groups excluding tert-OH is 1. The Morgan fingerprint density at radius 2 is 1.66 bits per heavy atom. The first-order chi connectivity index (χ1) is 25.6. The van der Waals surface area contributed by atoms with Gasteiger partial charge in [-0.05, 0) is 72.0 Å². The second-order valence-electron chi connectivity index (χ2n) is 15.5. The molecule has 4 heterocycles. The number of ether oxygens (including phenoxy) is 2. The summed E-state index contributed by atoms with van der Waals surface area (Å²) in [5.41, 5.74) is 3.61. The van der Waals surface area contributed by atoms with Crippen molar-refractivity contribution in [2.24, 2.45) is 5.92 Å². The predicted octanol–water partition coefficient (Wildman–Crippen LogP) is 6.05. The third-order valence-electron chi connectivity index (χ3n) is 12.4. The van der Waals surface area contributed by atoms with Crippen LogP contribution in [0.3, 0.4) is 0 Å². The lowest BCUT2D eigenvalue weighted by Crippen LogP contribution is -2.52. The molecule has 274 valence electrons. The van der Waals surface area contributed by atoms with Crippen LogP contribution in [-0.4, -0.2) is 68.2 Å². The fraction of sp³-hybridized carbons (Fsp3) is 0.372. The van der Waals surface area contributed by atoms with Gasteiger partial charge in [0, 0.05) is 42.4 Å². The number of nitrogens with zero attached hydrogens (tertiary/aromatic N) is 3. The Kier molecular flexibility index (Phi) is 9.03. The smallest absolute Gasteiger partial charge is 0.268 e. The molecule has 4 aliphatic heterocycles. The Morgan fingerprint density at radius 1 is 0.943 bits per heavy atom. The molecule has 4 aromatic rings. The highest BCUT2D eigenvalue weighted by Crippen LogP contribution is 2.61.